The highest BCUT2D eigenvalue weighted by Crippen LogP contribution is 2.27. The third-order valence-electron chi connectivity index (χ3n) is 3.77. The van der Waals surface area contributed by atoms with Crippen molar-refractivity contribution in [3.05, 3.63) is 33.8 Å². The molecule has 1 fully saturated rings. The van der Waals surface area contributed by atoms with Crippen molar-refractivity contribution in [1.29, 1.82) is 0 Å². The van der Waals surface area contributed by atoms with Gasteiger partial charge in [0.25, 0.3) is 5.91 Å². The van der Waals surface area contributed by atoms with Gasteiger partial charge >= 0.3 is 0 Å². The van der Waals surface area contributed by atoms with Crippen LogP contribution < -0.4 is 5.32 Å². The fourth-order valence-electron chi connectivity index (χ4n) is 2.73. The van der Waals surface area contributed by atoms with Gasteiger partial charge in [-0.05, 0) is 56.4 Å². The second-order valence-electron chi connectivity index (χ2n) is 5.32. The predicted octanol–water partition coefficient (Wildman–Crippen LogP) is 4.07. The van der Waals surface area contributed by atoms with E-state index in [-0.39, 0.29) is 11.9 Å². The van der Waals surface area contributed by atoms with Gasteiger partial charge in [0.2, 0.25) is 0 Å². The summed E-state index contributed by atoms with van der Waals surface area (Å²) in [7, 11) is 0. The van der Waals surface area contributed by atoms with Crippen LogP contribution >= 0.6 is 15.9 Å². The van der Waals surface area contributed by atoms with Crippen molar-refractivity contribution in [2.24, 2.45) is 5.92 Å². The van der Waals surface area contributed by atoms with E-state index in [0.717, 1.165) is 15.6 Å². The summed E-state index contributed by atoms with van der Waals surface area (Å²) in [5.74, 6) is 0.695. The molecule has 0 aliphatic heterocycles. The molecule has 3 heteroatoms. The molecule has 0 bridgehead atoms. The van der Waals surface area contributed by atoms with Gasteiger partial charge in [-0.2, -0.15) is 0 Å². The standard InChI is InChI=1S/C15H20BrNO/c1-10-7-13(9-14(16)8-10)15(18)17-11(2)12-5-3-4-6-12/h7-9,11-12H,3-6H2,1-2H3,(H,17,18). The first-order valence-electron chi connectivity index (χ1n) is 6.64. The van der Waals surface area contributed by atoms with Gasteiger partial charge in [-0.25, -0.2) is 0 Å². The van der Waals surface area contributed by atoms with E-state index in [1.165, 1.54) is 25.7 Å². The summed E-state index contributed by atoms with van der Waals surface area (Å²) in [5.41, 5.74) is 1.84. The van der Waals surface area contributed by atoms with Crippen LogP contribution in [0.1, 0.15) is 48.5 Å². The largest absolute Gasteiger partial charge is 0.349 e. The lowest BCUT2D eigenvalue weighted by molar-refractivity contribution is 0.0927. The van der Waals surface area contributed by atoms with Gasteiger partial charge in [0, 0.05) is 16.1 Å². The molecule has 98 valence electrons. The average molecular weight is 310 g/mol. The van der Waals surface area contributed by atoms with Crippen LogP contribution in [0.2, 0.25) is 0 Å². The Labute approximate surface area is 117 Å². The molecule has 1 N–H and O–H groups in total. The number of aryl methyl sites for hydroxylation is 1. The molecule has 18 heavy (non-hydrogen) atoms. The molecule has 1 unspecified atom stereocenters. The molecule has 1 saturated carbocycles. The number of nitrogens with one attached hydrogen (secondary N) is 1. The minimum atomic E-state index is 0.0406. The molecule has 1 aromatic rings. The van der Waals surface area contributed by atoms with E-state index in [2.05, 4.69) is 28.2 Å². The van der Waals surface area contributed by atoms with Gasteiger partial charge in [-0.3, -0.25) is 4.79 Å². The molecule has 0 radical (unpaired) electrons. The summed E-state index contributed by atoms with van der Waals surface area (Å²) in [4.78, 5) is 12.2. The minimum absolute atomic E-state index is 0.0406. The molecule has 1 aliphatic carbocycles. The van der Waals surface area contributed by atoms with Crippen molar-refractivity contribution in [3.8, 4) is 0 Å². The third-order valence-corrected chi connectivity index (χ3v) is 4.23. The SMILES string of the molecule is Cc1cc(Br)cc(C(=O)NC(C)C2CCCC2)c1. The van der Waals surface area contributed by atoms with Crippen molar-refractivity contribution in [2.75, 3.05) is 0 Å². The molecule has 0 saturated heterocycles. The van der Waals surface area contributed by atoms with Crippen LogP contribution in [0.15, 0.2) is 22.7 Å². The highest BCUT2D eigenvalue weighted by molar-refractivity contribution is 9.10. The molecule has 0 heterocycles. The zero-order valence-electron chi connectivity index (χ0n) is 11.0. The molecule has 0 aromatic heterocycles. The number of carbonyl (C=O) groups is 1. The van der Waals surface area contributed by atoms with Crippen LogP contribution in [0, 0.1) is 12.8 Å². The van der Waals surface area contributed by atoms with Crippen molar-refractivity contribution in [1.82, 2.24) is 5.32 Å². The zero-order chi connectivity index (χ0) is 13.1. The van der Waals surface area contributed by atoms with Gasteiger partial charge in [0.1, 0.15) is 0 Å². The number of carbonyl (C=O) groups excluding carboxylic acids is 1. The molecular weight excluding hydrogens is 290 g/mol. The van der Waals surface area contributed by atoms with E-state index in [4.69, 9.17) is 0 Å². The van der Waals surface area contributed by atoms with E-state index < -0.39 is 0 Å². The van der Waals surface area contributed by atoms with Crippen LogP contribution in [0.25, 0.3) is 0 Å². The summed E-state index contributed by atoms with van der Waals surface area (Å²) >= 11 is 3.43. The van der Waals surface area contributed by atoms with Gasteiger partial charge in [0.05, 0.1) is 0 Å². The van der Waals surface area contributed by atoms with Crippen molar-refractivity contribution in [3.63, 3.8) is 0 Å². The molecular formula is C15H20BrNO. The predicted molar refractivity (Wildman–Crippen MR) is 77.8 cm³/mol. The summed E-state index contributed by atoms with van der Waals surface area (Å²) < 4.78 is 0.959. The Balaban J connectivity index is 2.02. The molecule has 2 rings (SSSR count). The fraction of sp³-hybridized carbons (Fsp3) is 0.533. The summed E-state index contributed by atoms with van der Waals surface area (Å²) in [6.45, 7) is 4.13. The Bertz CT molecular complexity index is 418. The zero-order valence-corrected chi connectivity index (χ0v) is 12.6. The Kier molecular flexibility index (Phi) is 4.44. The van der Waals surface area contributed by atoms with E-state index in [0.29, 0.717) is 5.92 Å². The number of benzene rings is 1. The second-order valence-corrected chi connectivity index (χ2v) is 6.24. The molecule has 1 atom stereocenters. The molecule has 1 aromatic carbocycles. The maximum absolute atomic E-state index is 12.2. The first-order chi connectivity index (χ1) is 8.56. The van der Waals surface area contributed by atoms with E-state index in [1.54, 1.807) is 0 Å². The third kappa shape index (κ3) is 3.35. The second kappa shape index (κ2) is 5.87. The highest BCUT2D eigenvalue weighted by atomic mass is 79.9. The minimum Gasteiger partial charge on any atom is -0.349 e. The summed E-state index contributed by atoms with van der Waals surface area (Å²) in [5, 5.41) is 3.13. The molecule has 1 amide bonds. The Morgan fingerprint density at radius 3 is 2.61 bits per heavy atom. The lowest BCUT2D eigenvalue weighted by Gasteiger charge is -2.20. The number of hydrogen-bond donors (Lipinski definition) is 1. The Morgan fingerprint density at radius 2 is 2.00 bits per heavy atom. The highest BCUT2D eigenvalue weighted by Gasteiger charge is 2.23. The van der Waals surface area contributed by atoms with Crippen LogP contribution in [0.3, 0.4) is 0 Å². The topological polar surface area (TPSA) is 29.1 Å². The summed E-state index contributed by atoms with van der Waals surface area (Å²) in [6, 6.07) is 6.10. The van der Waals surface area contributed by atoms with Crippen molar-refractivity contribution < 1.29 is 4.79 Å². The molecule has 0 spiro atoms. The quantitative estimate of drug-likeness (QED) is 0.896. The van der Waals surface area contributed by atoms with E-state index in [9.17, 15) is 4.79 Å². The van der Waals surface area contributed by atoms with Crippen LogP contribution in [-0.2, 0) is 0 Å². The number of amides is 1. The van der Waals surface area contributed by atoms with E-state index in [1.807, 2.05) is 25.1 Å². The maximum Gasteiger partial charge on any atom is 0.251 e. The monoisotopic (exact) mass is 309 g/mol. The summed E-state index contributed by atoms with van der Waals surface area (Å²) in [6.07, 6.45) is 5.11. The lowest BCUT2D eigenvalue weighted by Crippen LogP contribution is -2.37. The number of rotatable bonds is 3. The normalized spacial score (nSPS) is 17.7. The Hall–Kier alpha value is -0.830. The smallest absolute Gasteiger partial charge is 0.251 e. The van der Waals surface area contributed by atoms with Crippen molar-refractivity contribution >= 4 is 21.8 Å². The lowest BCUT2D eigenvalue weighted by atomic mass is 9.99. The van der Waals surface area contributed by atoms with Crippen LogP contribution in [-0.4, -0.2) is 11.9 Å². The molecule has 1 aliphatic rings. The number of halogens is 1. The van der Waals surface area contributed by atoms with Crippen molar-refractivity contribution in [2.45, 2.75) is 45.6 Å². The van der Waals surface area contributed by atoms with Gasteiger partial charge < -0.3 is 5.32 Å². The van der Waals surface area contributed by atoms with Gasteiger partial charge in [-0.1, -0.05) is 28.8 Å². The number of hydrogen-bond acceptors (Lipinski definition) is 1. The first-order valence-corrected chi connectivity index (χ1v) is 7.43. The maximum atomic E-state index is 12.2. The molecule has 2 nitrogen and oxygen atoms in total. The fourth-order valence-corrected chi connectivity index (χ4v) is 3.34. The first kappa shape index (κ1) is 13.6. The average Bonchev–Trinajstić information content (AvgIpc) is 2.80. The Morgan fingerprint density at radius 1 is 1.33 bits per heavy atom. The van der Waals surface area contributed by atoms with Crippen LogP contribution in [0.4, 0.5) is 0 Å². The van der Waals surface area contributed by atoms with Gasteiger partial charge in [-0.15, -0.1) is 0 Å². The van der Waals surface area contributed by atoms with E-state index >= 15 is 0 Å². The van der Waals surface area contributed by atoms with Gasteiger partial charge in [0.15, 0.2) is 0 Å². The van der Waals surface area contributed by atoms with Crippen LogP contribution in [0.5, 0.6) is 0 Å².